The highest BCUT2D eigenvalue weighted by Crippen LogP contribution is 2.57. The molecule has 0 aliphatic heterocycles. The summed E-state index contributed by atoms with van der Waals surface area (Å²) in [6.07, 6.45) is 1.86. The fourth-order valence-corrected chi connectivity index (χ4v) is 2.19. The lowest BCUT2D eigenvalue weighted by Gasteiger charge is -2.27. The molecule has 1 aromatic carbocycles. The molecule has 1 nitrogen and oxygen atoms in total. The van der Waals surface area contributed by atoms with Crippen LogP contribution in [-0.2, 0) is 5.41 Å². The molecule has 1 aromatic rings. The minimum atomic E-state index is -1.15. The Labute approximate surface area is 84.1 Å². The molecule has 2 rings (SSSR count). The van der Waals surface area contributed by atoms with Gasteiger partial charge in [-0.05, 0) is 44.4 Å². The first-order valence-electron chi connectivity index (χ1n) is 5.01. The SMILES string of the molecule is CC(C)(F)C1(c2cccc(N)c2)CC1. The fourth-order valence-electron chi connectivity index (χ4n) is 2.19. The summed E-state index contributed by atoms with van der Waals surface area (Å²) in [4.78, 5) is 0. The van der Waals surface area contributed by atoms with Crippen LogP contribution in [0.3, 0.4) is 0 Å². The van der Waals surface area contributed by atoms with Gasteiger partial charge in [0.05, 0.1) is 0 Å². The molecule has 0 radical (unpaired) electrons. The van der Waals surface area contributed by atoms with Crippen LogP contribution >= 0.6 is 0 Å². The van der Waals surface area contributed by atoms with Crippen molar-refractivity contribution in [3.63, 3.8) is 0 Å². The van der Waals surface area contributed by atoms with Crippen molar-refractivity contribution < 1.29 is 4.39 Å². The molecule has 1 aliphatic rings. The van der Waals surface area contributed by atoms with Gasteiger partial charge in [0.2, 0.25) is 0 Å². The maximum absolute atomic E-state index is 14.0. The Morgan fingerprint density at radius 1 is 1.36 bits per heavy atom. The van der Waals surface area contributed by atoms with E-state index in [-0.39, 0.29) is 5.41 Å². The van der Waals surface area contributed by atoms with Crippen molar-refractivity contribution in [1.82, 2.24) is 0 Å². The predicted octanol–water partition coefficient (Wildman–Crippen LogP) is 3.05. The molecular formula is C12H16FN. The molecule has 2 N–H and O–H groups in total. The van der Waals surface area contributed by atoms with Gasteiger partial charge in [0, 0.05) is 11.1 Å². The molecule has 0 heterocycles. The van der Waals surface area contributed by atoms with Crippen molar-refractivity contribution in [1.29, 1.82) is 0 Å². The first-order valence-corrected chi connectivity index (χ1v) is 5.01. The van der Waals surface area contributed by atoms with Crippen LogP contribution < -0.4 is 5.73 Å². The lowest BCUT2D eigenvalue weighted by molar-refractivity contribution is 0.156. The number of benzene rings is 1. The molecule has 0 atom stereocenters. The minimum absolute atomic E-state index is 0.275. The summed E-state index contributed by atoms with van der Waals surface area (Å²) in [7, 11) is 0. The molecule has 1 saturated carbocycles. The van der Waals surface area contributed by atoms with Gasteiger partial charge < -0.3 is 5.73 Å². The number of nitrogen functional groups attached to an aromatic ring is 1. The quantitative estimate of drug-likeness (QED) is 0.718. The highest BCUT2D eigenvalue weighted by atomic mass is 19.1. The molecule has 0 unspecified atom stereocenters. The van der Waals surface area contributed by atoms with E-state index in [9.17, 15) is 4.39 Å². The Hall–Kier alpha value is -1.05. The van der Waals surface area contributed by atoms with Crippen LogP contribution in [0.15, 0.2) is 24.3 Å². The van der Waals surface area contributed by atoms with Crippen LogP contribution in [0.25, 0.3) is 0 Å². The fraction of sp³-hybridized carbons (Fsp3) is 0.500. The summed E-state index contributed by atoms with van der Waals surface area (Å²) >= 11 is 0. The molecule has 1 aliphatic carbocycles. The monoisotopic (exact) mass is 193 g/mol. The van der Waals surface area contributed by atoms with Crippen LogP contribution in [0.2, 0.25) is 0 Å². The maximum Gasteiger partial charge on any atom is 0.115 e. The Morgan fingerprint density at radius 3 is 2.43 bits per heavy atom. The Morgan fingerprint density at radius 2 is 2.00 bits per heavy atom. The summed E-state index contributed by atoms with van der Waals surface area (Å²) in [6, 6.07) is 7.61. The highest BCUT2D eigenvalue weighted by Gasteiger charge is 2.56. The van der Waals surface area contributed by atoms with Crippen molar-refractivity contribution in [2.45, 2.75) is 37.8 Å². The van der Waals surface area contributed by atoms with Crippen molar-refractivity contribution in [3.8, 4) is 0 Å². The second-order valence-corrected chi connectivity index (χ2v) is 4.68. The Balaban J connectivity index is 2.41. The molecule has 0 saturated heterocycles. The van der Waals surface area contributed by atoms with Crippen molar-refractivity contribution in [2.24, 2.45) is 0 Å². The van der Waals surface area contributed by atoms with E-state index in [1.54, 1.807) is 13.8 Å². The first kappa shape index (κ1) is 9.50. The number of halogens is 1. The number of nitrogens with two attached hydrogens (primary N) is 1. The van der Waals surface area contributed by atoms with Crippen molar-refractivity contribution >= 4 is 5.69 Å². The molecule has 1 fully saturated rings. The average Bonchev–Trinajstić information content (AvgIpc) is 2.82. The number of alkyl halides is 1. The molecule has 2 heteroatoms. The standard InChI is InChI=1S/C12H16FN/c1-11(2,13)12(6-7-12)9-4-3-5-10(14)8-9/h3-5,8H,6-7,14H2,1-2H3. The van der Waals surface area contributed by atoms with E-state index < -0.39 is 5.67 Å². The zero-order valence-electron chi connectivity index (χ0n) is 8.68. The van der Waals surface area contributed by atoms with Gasteiger partial charge in [0.15, 0.2) is 0 Å². The second-order valence-electron chi connectivity index (χ2n) is 4.68. The predicted molar refractivity (Wildman–Crippen MR) is 57.0 cm³/mol. The first-order chi connectivity index (χ1) is 6.46. The zero-order chi connectivity index (χ0) is 10.4. The number of hydrogen-bond acceptors (Lipinski definition) is 1. The van der Waals surface area contributed by atoms with E-state index in [1.807, 2.05) is 24.3 Å². The van der Waals surface area contributed by atoms with E-state index in [1.165, 1.54) is 0 Å². The molecule has 76 valence electrons. The summed E-state index contributed by atoms with van der Waals surface area (Å²) in [6.45, 7) is 3.31. The van der Waals surface area contributed by atoms with E-state index in [0.717, 1.165) is 24.1 Å². The molecule has 0 bridgehead atoms. The summed E-state index contributed by atoms with van der Waals surface area (Å²) in [5.74, 6) is 0. The van der Waals surface area contributed by atoms with Crippen LogP contribution in [0.5, 0.6) is 0 Å². The van der Waals surface area contributed by atoms with Crippen LogP contribution in [0, 0.1) is 0 Å². The lowest BCUT2D eigenvalue weighted by atomic mass is 9.82. The van der Waals surface area contributed by atoms with Crippen molar-refractivity contribution in [3.05, 3.63) is 29.8 Å². The molecule has 0 aromatic heterocycles. The summed E-state index contributed by atoms with van der Waals surface area (Å²) < 4.78 is 14.0. The third-order valence-electron chi connectivity index (χ3n) is 3.33. The van der Waals surface area contributed by atoms with Gasteiger partial charge in [0.25, 0.3) is 0 Å². The smallest absolute Gasteiger partial charge is 0.115 e. The van der Waals surface area contributed by atoms with Gasteiger partial charge in [-0.25, -0.2) is 4.39 Å². The third-order valence-corrected chi connectivity index (χ3v) is 3.33. The topological polar surface area (TPSA) is 26.0 Å². The van der Waals surface area contributed by atoms with Gasteiger partial charge in [-0.1, -0.05) is 12.1 Å². The van der Waals surface area contributed by atoms with Crippen LogP contribution in [-0.4, -0.2) is 5.67 Å². The molecular weight excluding hydrogens is 177 g/mol. The summed E-state index contributed by atoms with van der Waals surface area (Å²) in [5.41, 5.74) is 6.04. The Kier molecular flexibility index (Phi) is 1.85. The number of anilines is 1. The second kappa shape index (κ2) is 2.72. The molecule has 0 amide bonds. The van der Waals surface area contributed by atoms with Gasteiger partial charge in [0.1, 0.15) is 5.67 Å². The van der Waals surface area contributed by atoms with Gasteiger partial charge in [-0.2, -0.15) is 0 Å². The third kappa shape index (κ3) is 1.29. The minimum Gasteiger partial charge on any atom is -0.399 e. The van der Waals surface area contributed by atoms with Crippen molar-refractivity contribution in [2.75, 3.05) is 5.73 Å². The van der Waals surface area contributed by atoms with Crippen LogP contribution in [0.4, 0.5) is 10.1 Å². The van der Waals surface area contributed by atoms with Crippen LogP contribution in [0.1, 0.15) is 32.3 Å². The van der Waals surface area contributed by atoms with Gasteiger partial charge >= 0.3 is 0 Å². The Bertz CT molecular complexity index is 348. The molecule has 14 heavy (non-hydrogen) atoms. The normalized spacial score (nSPS) is 19.4. The van der Waals surface area contributed by atoms with E-state index in [0.29, 0.717) is 0 Å². The number of rotatable bonds is 2. The van der Waals surface area contributed by atoms with Gasteiger partial charge in [-0.15, -0.1) is 0 Å². The lowest BCUT2D eigenvalue weighted by Crippen LogP contribution is -2.31. The van der Waals surface area contributed by atoms with E-state index in [2.05, 4.69) is 0 Å². The van der Waals surface area contributed by atoms with E-state index in [4.69, 9.17) is 5.73 Å². The maximum atomic E-state index is 14.0. The molecule has 0 spiro atoms. The summed E-state index contributed by atoms with van der Waals surface area (Å²) in [5, 5.41) is 0. The van der Waals surface area contributed by atoms with Gasteiger partial charge in [-0.3, -0.25) is 0 Å². The number of hydrogen-bond donors (Lipinski definition) is 1. The largest absolute Gasteiger partial charge is 0.399 e. The average molecular weight is 193 g/mol. The van der Waals surface area contributed by atoms with E-state index >= 15 is 0 Å². The zero-order valence-corrected chi connectivity index (χ0v) is 8.68. The highest BCUT2D eigenvalue weighted by molar-refractivity contribution is 5.46.